The highest BCUT2D eigenvalue weighted by Crippen LogP contribution is 2.31. The molecule has 5 heteroatoms. The van der Waals surface area contributed by atoms with Crippen LogP contribution in [0.25, 0.3) is 10.1 Å². The predicted octanol–water partition coefficient (Wildman–Crippen LogP) is 4.66. The van der Waals surface area contributed by atoms with E-state index in [4.69, 9.17) is 0 Å². The average Bonchev–Trinajstić information content (AvgIpc) is 3.03. The quantitative estimate of drug-likeness (QED) is 0.803. The van der Waals surface area contributed by atoms with E-state index in [2.05, 4.69) is 38.3 Å². The average molecular weight is 407 g/mol. The highest BCUT2D eigenvalue weighted by atomic mass is 79.9. The van der Waals surface area contributed by atoms with E-state index in [1.165, 1.54) is 45.2 Å². The summed E-state index contributed by atoms with van der Waals surface area (Å²) in [6.45, 7) is 3.32. The van der Waals surface area contributed by atoms with Crippen molar-refractivity contribution in [1.82, 2.24) is 10.2 Å². The molecule has 0 radical (unpaired) electrons. The molecule has 3 nitrogen and oxygen atoms in total. The second kappa shape index (κ2) is 7.14. The number of carbonyl (C=O) groups is 1. The van der Waals surface area contributed by atoms with Gasteiger partial charge in [-0.2, -0.15) is 0 Å². The molecule has 0 bridgehead atoms. The van der Waals surface area contributed by atoms with Crippen LogP contribution in [0.4, 0.5) is 0 Å². The van der Waals surface area contributed by atoms with Gasteiger partial charge in [0.1, 0.15) is 0 Å². The third kappa shape index (κ3) is 3.39. The molecule has 4 rings (SSSR count). The summed E-state index contributed by atoms with van der Waals surface area (Å²) in [5.41, 5.74) is 0. The highest BCUT2D eigenvalue weighted by Gasteiger charge is 2.33. The molecule has 1 amide bonds. The molecular formula is C19H23BrN2OS. The van der Waals surface area contributed by atoms with E-state index >= 15 is 0 Å². The molecule has 24 heavy (non-hydrogen) atoms. The van der Waals surface area contributed by atoms with E-state index in [1.54, 1.807) is 11.3 Å². The van der Waals surface area contributed by atoms with Crippen LogP contribution in [0, 0.1) is 5.92 Å². The van der Waals surface area contributed by atoms with Gasteiger partial charge in [-0.3, -0.25) is 4.79 Å². The standard InChI is InChI=1S/C19H23BrN2OS/c20-15-7-6-13-10-18(24-17(13)11-15)19(23)21-12-14-4-3-9-22-8-2-1-5-16(14)22/h6-7,10-11,14,16H,1-5,8-9,12H2,(H,21,23). The van der Waals surface area contributed by atoms with E-state index in [0.29, 0.717) is 12.0 Å². The minimum Gasteiger partial charge on any atom is -0.351 e. The van der Waals surface area contributed by atoms with E-state index in [9.17, 15) is 4.79 Å². The van der Waals surface area contributed by atoms with Crippen molar-refractivity contribution in [2.75, 3.05) is 19.6 Å². The van der Waals surface area contributed by atoms with Crippen LogP contribution in [0.5, 0.6) is 0 Å². The smallest absolute Gasteiger partial charge is 0.261 e. The Morgan fingerprint density at radius 1 is 1.21 bits per heavy atom. The molecule has 2 atom stereocenters. The van der Waals surface area contributed by atoms with Gasteiger partial charge in [-0.05, 0) is 68.3 Å². The summed E-state index contributed by atoms with van der Waals surface area (Å²) in [4.78, 5) is 16.0. The van der Waals surface area contributed by atoms with Crippen molar-refractivity contribution in [3.05, 3.63) is 33.6 Å². The van der Waals surface area contributed by atoms with Crippen LogP contribution in [-0.2, 0) is 0 Å². The maximum Gasteiger partial charge on any atom is 0.261 e. The van der Waals surface area contributed by atoms with Crippen LogP contribution in [-0.4, -0.2) is 36.5 Å². The maximum atomic E-state index is 12.6. The van der Waals surface area contributed by atoms with Crippen LogP contribution >= 0.6 is 27.3 Å². The number of nitrogens with one attached hydrogen (secondary N) is 1. The molecule has 0 saturated carbocycles. The predicted molar refractivity (Wildman–Crippen MR) is 104 cm³/mol. The molecule has 1 aromatic carbocycles. The third-order valence-corrected chi connectivity index (χ3v) is 7.05. The Morgan fingerprint density at radius 2 is 2.08 bits per heavy atom. The topological polar surface area (TPSA) is 32.3 Å². The number of fused-ring (bicyclic) bond motifs is 2. The summed E-state index contributed by atoms with van der Waals surface area (Å²) in [7, 11) is 0. The number of halogens is 1. The van der Waals surface area contributed by atoms with Crippen molar-refractivity contribution in [2.24, 2.45) is 5.92 Å². The van der Waals surface area contributed by atoms with Gasteiger partial charge in [0.05, 0.1) is 4.88 Å². The highest BCUT2D eigenvalue weighted by molar-refractivity contribution is 9.10. The van der Waals surface area contributed by atoms with Gasteiger partial charge < -0.3 is 10.2 Å². The molecule has 2 fully saturated rings. The number of amides is 1. The first-order valence-corrected chi connectivity index (χ1v) is 10.5. The number of piperidine rings is 2. The first-order chi connectivity index (χ1) is 11.7. The van der Waals surface area contributed by atoms with Gasteiger partial charge in [-0.15, -0.1) is 11.3 Å². The third-order valence-electron chi connectivity index (χ3n) is 5.46. The number of hydrogen-bond acceptors (Lipinski definition) is 3. The molecule has 3 heterocycles. The molecule has 0 aliphatic carbocycles. The Bertz CT molecular complexity index is 742. The van der Waals surface area contributed by atoms with Crippen molar-refractivity contribution >= 4 is 43.3 Å². The summed E-state index contributed by atoms with van der Waals surface area (Å²) in [6.07, 6.45) is 6.51. The monoisotopic (exact) mass is 406 g/mol. The molecule has 1 aromatic heterocycles. The minimum absolute atomic E-state index is 0.0836. The Hall–Kier alpha value is -0.910. The zero-order chi connectivity index (χ0) is 16.5. The maximum absolute atomic E-state index is 12.6. The van der Waals surface area contributed by atoms with Gasteiger partial charge in [-0.25, -0.2) is 0 Å². The van der Waals surface area contributed by atoms with E-state index in [1.807, 2.05) is 12.1 Å². The largest absolute Gasteiger partial charge is 0.351 e. The number of carbonyl (C=O) groups excluding carboxylic acids is 1. The van der Waals surface area contributed by atoms with Gasteiger partial charge in [0.15, 0.2) is 0 Å². The fourth-order valence-electron chi connectivity index (χ4n) is 4.24. The minimum atomic E-state index is 0.0836. The lowest BCUT2D eigenvalue weighted by atomic mass is 9.83. The van der Waals surface area contributed by atoms with Gasteiger partial charge in [-0.1, -0.05) is 28.4 Å². The van der Waals surface area contributed by atoms with E-state index < -0.39 is 0 Å². The van der Waals surface area contributed by atoms with Gasteiger partial charge in [0.25, 0.3) is 5.91 Å². The summed E-state index contributed by atoms with van der Waals surface area (Å²) < 4.78 is 2.22. The lowest BCUT2D eigenvalue weighted by Gasteiger charge is -2.44. The summed E-state index contributed by atoms with van der Waals surface area (Å²) in [5, 5.41) is 4.35. The zero-order valence-corrected chi connectivity index (χ0v) is 16.2. The molecule has 1 N–H and O–H groups in total. The van der Waals surface area contributed by atoms with Crippen LogP contribution in [0.15, 0.2) is 28.7 Å². The van der Waals surface area contributed by atoms with Gasteiger partial charge >= 0.3 is 0 Å². The Labute approximate surface area is 155 Å². The molecule has 2 unspecified atom stereocenters. The van der Waals surface area contributed by atoms with Crippen LogP contribution < -0.4 is 5.32 Å². The number of nitrogens with zero attached hydrogens (tertiary/aromatic N) is 1. The first kappa shape index (κ1) is 16.6. The van der Waals surface area contributed by atoms with Gasteiger partial charge in [0.2, 0.25) is 0 Å². The van der Waals surface area contributed by atoms with Crippen LogP contribution in [0.2, 0.25) is 0 Å². The number of thiophene rings is 1. The number of rotatable bonds is 3. The fraction of sp³-hybridized carbons (Fsp3) is 0.526. The Kier molecular flexibility index (Phi) is 4.93. The zero-order valence-electron chi connectivity index (χ0n) is 13.8. The lowest BCUT2D eigenvalue weighted by molar-refractivity contribution is 0.0576. The molecule has 2 aromatic rings. The Balaban J connectivity index is 1.41. The first-order valence-electron chi connectivity index (χ1n) is 8.92. The van der Waals surface area contributed by atoms with Crippen molar-refractivity contribution < 1.29 is 4.79 Å². The number of benzene rings is 1. The summed E-state index contributed by atoms with van der Waals surface area (Å²) in [6, 6.07) is 8.86. The normalized spacial score (nSPS) is 24.7. The second-order valence-corrected chi connectivity index (χ2v) is 9.00. The summed E-state index contributed by atoms with van der Waals surface area (Å²) in [5.74, 6) is 0.701. The molecule has 2 saturated heterocycles. The Morgan fingerprint density at radius 3 is 3.00 bits per heavy atom. The van der Waals surface area contributed by atoms with E-state index in [0.717, 1.165) is 26.0 Å². The second-order valence-electron chi connectivity index (χ2n) is 7.00. The SMILES string of the molecule is O=C(NCC1CCCN2CCCCC12)c1cc2ccc(Br)cc2s1. The van der Waals surface area contributed by atoms with Crippen molar-refractivity contribution in [2.45, 2.75) is 38.1 Å². The van der Waals surface area contributed by atoms with Crippen molar-refractivity contribution in [1.29, 1.82) is 0 Å². The van der Waals surface area contributed by atoms with Crippen molar-refractivity contribution in [3.8, 4) is 0 Å². The summed E-state index contributed by atoms with van der Waals surface area (Å²) >= 11 is 5.07. The lowest BCUT2D eigenvalue weighted by Crippen LogP contribution is -2.50. The van der Waals surface area contributed by atoms with Crippen molar-refractivity contribution in [3.63, 3.8) is 0 Å². The molecular weight excluding hydrogens is 384 g/mol. The molecule has 2 aliphatic heterocycles. The van der Waals surface area contributed by atoms with E-state index in [-0.39, 0.29) is 5.91 Å². The molecule has 2 aliphatic rings. The number of hydrogen-bond donors (Lipinski definition) is 1. The molecule has 0 spiro atoms. The van der Waals surface area contributed by atoms with Gasteiger partial charge in [0, 0.05) is 21.8 Å². The van der Waals surface area contributed by atoms with Crippen LogP contribution in [0.3, 0.4) is 0 Å². The molecule has 128 valence electrons. The fourth-order valence-corrected chi connectivity index (χ4v) is 5.77. The van der Waals surface area contributed by atoms with Crippen LogP contribution in [0.1, 0.15) is 41.8 Å².